The third kappa shape index (κ3) is 3.64. The van der Waals surface area contributed by atoms with Crippen LogP contribution >= 0.6 is 0 Å². The summed E-state index contributed by atoms with van der Waals surface area (Å²) < 4.78 is 24.3. The maximum atomic E-state index is 12.1. The molecule has 2 aromatic carbocycles. The highest BCUT2D eigenvalue weighted by atomic mass is 32.2. The molecule has 2 aromatic rings. The van der Waals surface area contributed by atoms with Gasteiger partial charge in [0.2, 0.25) is 0 Å². The minimum atomic E-state index is -3.23. The van der Waals surface area contributed by atoms with Gasteiger partial charge in [0.05, 0.1) is 16.3 Å². The Morgan fingerprint density at radius 2 is 1.67 bits per heavy atom. The minimum absolute atomic E-state index is 0.0406. The Morgan fingerprint density at radius 3 is 2.29 bits per heavy atom. The molecule has 1 atom stereocenters. The average molecular weight is 303 g/mol. The van der Waals surface area contributed by atoms with Crippen molar-refractivity contribution in [3.8, 4) is 0 Å². The molecule has 0 aliphatic heterocycles. The third-order valence-electron chi connectivity index (χ3n) is 3.55. The Hall–Kier alpha value is -1.81. The van der Waals surface area contributed by atoms with Crippen LogP contribution < -0.4 is 5.32 Å². The Morgan fingerprint density at radius 1 is 1.05 bits per heavy atom. The Labute approximate surface area is 126 Å². The van der Waals surface area contributed by atoms with Crippen molar-refractivity contribution in [3.05, 3.63) is 59.7 Å². The van der Waals surface area contributed by atoms with Gasteiger partial charge in [0.25, 0.3) is 0 Å². The van der Waals surface area contributed by atoms with Gasteiger partial charge in [0.15, 0.2) is 9.84 Å². The zero-order chi connectivity index (χ0) is 15.5. The van der Waals surface area contributed by atoms with E-state index in [1.165, 1.54) is 5.56 Å². The molecule has 0 saturated heterocycles. The summed E-state index contributed by atoms with van der Waals surface area (Å²) in [7, 11) is -3.23. The first-order chi connectivity index (χ1) is 9.94. The SMILES string of the molecule is CCS(=O)(=O)c1ccccc1NC(C)c1ccc(C)cc1. The van der Waals surface area contributed by atoms with E-state index in [9.17, 15) is 8.42 Å². The predicted molar refractivity (Wildman–Crippen MR) is 87.4 cm³/mol. The van der Waals surface area contributed by atoms with Crippen molar-refractivity contribution in [2.45, 2.75) is 31.7 Å². The zero-order valence-electron chi connectivity index (χ0n) is 12.6. The van der Waals surface area contributed by atoms with Gasteiger partial charge in [0, 0.05) is 6.04 Å². The van der Waals surface area contributed by atoms with Gasteiger partial charge < -0.3 is 5.32 Å². The highest BCUT2D eigenvalue weighted by molar-refractivity contribution is 7.91. The molecule has 4 heteroatoms. The van der Waals surface area contributed by atoms with Gasteiger partial charge in [-0.25, -0.2) is 8.42 Å². The molecule has 2 rings (SSSR count). The maximum Gasteiger partial charge on any atom is 0.180 e. The maximum absolute atomic E-state index is 12.1. The molecular formula is C17H21NO2S. The summed E-state index contributed by atoms with van der Waals surface area (Å²) in [6.07, 6.45) is 0. The summed E-state index contributed by atoms with van der Waals surface area (Å²) in [4.78, 5) is 0.367. The molecule has 0 spiro atoms. The lowest BCUT2D eigenvalue weighted by molar-refractivity contribution is 0.597. The van der Waals surface area contributed by atoms with Crippen molar-refractivity contribution in [1.82, 2.24) is 0 Å². The first kappa shape index (κ1) is 15.6. The first-order valence-corrected chi connectivity index (χ1v) is 8.74. The van der Waals surface area contributed by atoms with Crippen LogP contribution in [0.2, 0.25) is 0 Å². The van der Waals surface area contributed by atoms with Crippen molar-refractivity contribution in [1.29, 1.82) is 0 Å². The fourth-order valence-corrected chi connectivity index (χ4v) is 3.24. The Kier molecular flexibility index (Phi) is 4.68. The van der Waals surface area contributed by atoms with Gasteiger partial charge >= 0.3 is 0 Å². The largest absolute Gasteiger partial charge is 0.377 e. The quantitative estimate of drug-likeness (QED) is 0.909. The second-order valence-electron chi connectivity index (χ2n) is 5.18. The molecule has 0 aliphatic rings. The van der Waals surface area contributed by atoms with Gasteiger partial charge in [-0.2, -0.15) is 0 Å². The monoisotopic (exact) mass is 303 g/mol. The molecule has 0 fully saturated rings. The molecular weight excluding hydrogens is 282 g/mol. The molecule has 21 heavy (non-hydrogen) atoms. The van der Waals surface area contributed by atoms with E-state index in [2.05, 4.69) is 29.6 Å². The summed E-state index contributed by atoms with van der Waals surface area (Å²) >= 11 is 0. The van der Waals surface area contributed by atoms with Gasteiger partial charge in [0.1, 0.15) is 0 Å². The highest BCUT2D eigenvalue weighted by Gasteiger charge is 2.17. The normalized spacial score (nSPS) is 12.9. The van der Waals surface area contributed by atoms with Crippen LogP contribution in [0.4, 0.5) is 5.69 Å². The summed E-state index contributed by atoms with van der Waals surface area (Å²) in [5, 5.41) is 3.31. The van der Waals surface area contributed by atoms with E-state index >= 15 is 0 Å². The lowest BCUT2D eigenvalue weighted by Gasteiger charge is -2.18. The van der Waals surface area contributed by atoms with Crippen molar-refractivity contribution in [3.63, 3.8) is 0 Å². The van der Waals surface area contributed by atoms with Crippen molar-refractivity contribution >= 4 is 15.5 Å². The fraction of sp³-hybridized carbons (Fsp3) is 0.294. The van der Waals surface area contributed by atoms with Crippen LogP contribution in [0.3, 0.4) is 0 Å². The summed E-state index contributed by atoms with van der Waals surface area (Å²) in [6, 6.07) is 15.3. The van der Waals surface area contributed by atoms with Crippen LogP contribution in [0, 0.1) is 6.92 Å². The molecule has 112 valence electrons. The number of nitrogens with one attached hydrogen (secondary N) is 1. The van der Waals surface area contributed by atoms with Crippen LogP contribution in [0.15, 0.2) is 53.4 Å². The number of para-hydroxylation sites is 1. The minimum Gasteiger partial charge on any atom is -0.377 e. The Bertz CT molecular complexity index is 706. The highest BCUT2D eigenvalue weighted by Crippen LogP contribution is 2.26. The zero-order valence-corrected chi connectivity index (χ0v) is 13.4. The van der Waals surface area contributed by atoms with Gasteiger partial charge in [-0.1, -0.05) is 48.9 Å². The molecule has 0 saturated carbocycles. The van der Waals surface area contributed by atoms with Crippen LogP contribution in [-0.2, 0) is 9.84 Å². The number of anilines is 1. The topological polar surface area (TPSA) is 46.2 Å². The second kappa shape index (κ2) is 6.31. The van der Waals surface area contributed by atoms with Crippen molar-refractivity contribution < 1.29 is 8.42 Å². The van der Waals surface area contributed by atoms with Gasteiger partial charge in [-0.3, -0.25) is 0 Å². The molecule has 1 unspecified atom stereocenters. The second-order valence-corrected chi connectivity index (χ2v) is 7.42. The molecule has 1 N–H and O–H groups in total. The molecule has 3 nitrogen and oxygen atoms in total. The van der Waals surface area contributed by atoms with Crippen LogP contribution in [0.5, 0.6) is 0 Å². The van der Waals surface area contributed by atoms with Crippen LogP contribution in [0.25, 0.3) is 0 Å². The van der Waals surface area contributed by atoms with Crippen LogP contribution in [-0.4, -0.2) is 14.2 Å². The molecule has 0 amide bonds. The summed E-state index contributed by atoms with van der Waals surface area (Å²) in [5.41, 5.74) is 3.00. The van der Waals surface area contributed by atoms with E-state index in [1.807, 2.05) is 26.0 Å². The van der Waals surface area contributed by atoms with Crippen LogP contribution in [0.1, 0.15) is 31.0 Å². The van der Waals surface area contributed by atoms with E-state index in [1.54, 1.807) is 19.1 Å². The number of hydrogen-bond donors (Lipinski definition) is 1. The molecule has 0 heterocycles. The molecule has 0 aromatic heterocycles. The number of hydrogen-bond acceptors (Lipinski definition) is 3. The van der Waals surface area contributed by atoms with E-state index < -0.39 is 9.84 Å². The van der Waals surface area contributed by atoms with Crippen molar-refractivity contribution in [2.75, 3.05) is 11.1 Å². The molecule has 0 aliphatic carbocycles. The smallest absolute Gasteiger partial charge is 0.180 e. The third-order valence-corrected chi connectivity index (χ3v) is 5.34. The number of aryl methyl sites for hydroxylation is 1. The molecule has 0 radical (unpaired) electrons. The van der Waals surface area contributed by atoms with E-state index in [0.29, 0.717) is 10.6 Å². The summed E-state index contributed by atoms with van der Waals surface area (Å²) in [5.74, 6) is 0.102. The van der Waals surface area contributed by atoms with E-state index in [-0.39, 0.29) is 11.8 Å². The first-order valence-electron chi connectivity index (χ1n) is 7.09. The standard InChI is InChI=1S/C17H21NO2S/c1-4-21(19,20)17-8-6-5-7-16(17)18-14(3)15-11-9-13(2)10-12-15/h5-12,14,18H,4H2,1-3H3. The van der Waals surface area contributed by atoms with Gasteiger partial charge in [-0.15, -0.1) is 0 Å². The molecule has 0 bridgehead atoms. The average Bonchev–Trinajstić information content (AvgIpc) is 2.48. The lowest BCUT2D eigenvalue weighted by atomic mass is 10.1. The number of rotatable bonds is 5. The fourth-order valence-electron chi connectivity index (χ4n) is 2.18. The number of benzene rings is 2. The van der Waals surface area contributed by atoms with Gasteiger partial charge in [-0.05, 0) is 31.5 Å². The van der Waals surface area contributed by atoms with Crippen molar-refractivity contribution in [2.24, 2.45) is 0 Å². The lowest BCUT2D eigenvalue weighted by Crippen LogP contribution is -2.12. The predicted octanol–water partition coefficient (Wildman–Crippen LogP) is 3.96. The Balaban J connectivity index is 2.30. The van der Waals surface area contributed by atoms with E-state index in [4.69, 9.17) is 0 Å². The van der Waals surface area contributed by atoms with E-state index in [0.717, 1.165) is 5.56 Å². The number of sulfone groups is 1. The summed E-state index contributed by atoms with van der Waals surface area (Å²) in [6.45, 7) is 5.74.